The molecule has 1 saturated heterocycles. The van der Waals surface area contributed by atoms with Gasteiger partial charge in [-0.2, -0.15) is 0 Å². The second-order valence-electron chi connectivity index (χ2n) is 6.23. The number of nitrogens with zero attached hydrogens (tertiary/aromatic N) is 2. The van der Waals surface area contributed by atoms with Crippen molar-refractivity contribution in [3.63, 3.8) is 0 Å². The van der Waals surface area contributed by atoms with Crippen molar-refractivity contribution in [1.82, 2.24) is 20.2 Å². The predicted molar refractivity (Wildman–Crippen MR) is 86.8 cm³/mol. The molecule has 1 aromatic heterocycles. The van der Waals surface area contributed by atoms with E-state index in [-0.39, 0.29) is 29.7 Å². The lowest BCUT2D eigenvalue weighted by molar-refractivity contribution is -0.125. The van der Waals surface area contributed by atoms with Gasteiger partial charge in [-0.15, -0.1) is 0 Å². The Hall–Kier alpha value is -2.41. The first-order valence-corrected chi connectivity index (χ1v) is 7.77. The third-order valence-electron chi connectivity index (χ3n) is 3.92. The molecule has 2 heterocycles. The summed E-state index contributed by atoms with van der Waals surface area (Å²) in [6, 6.07) is 6.70. The van der Waals surface area contributed by atoms with Crippen LogP contribution in [0.1, 0.15) is 30.9 Å². The van der Waals surface area contributed by atoms with E-state index in [0.717, 1.165) is 11.0 Å². The molecule has 7 heteroatoms. The minimum absolute atomic E-state index is 0.0162. The molecule has 0 spiro atoms. The Morgan fingerprint density at radius 3 is 2.83 bits per heavy atom. The Labute approximate surface area is 134 Å². The molecule has 2 atom stereocenters. The molecule has 1 aliphatic rings. The van der Waals surface area contributed by atoms with Crippen LogP contribution in [-0.2, 0) is 4.79 Å². The van der Waals surface area contributed by atoms with E-state index < -0.39 is 6.04 Å². The van der Waals surface area contributed by atoms with Crippen LogP contribution in [-0.4, -0.2) is 51.4 Å². The standard InChI is InChI=1S/C16H21N5O2/c1-9(2)18-15(22)13-7-10(17)8-21(13)16(23)14-19-11-5-3-4-6-12(11)20-14/h3-6,9-10,13H,7-8,17H2,1-2H3,(H,18,22)(H,19,20)/t10-,13+/m1/s1. The zero-order chi connectivity index (χ0) is 16.6. The largest absolute Gasteiger partial charge is 0.352 e. The molecule has 0 saturated carbocycles. The highest BCUT2D eigenvalue weighted by Gasteiger charge is 2.39. The number of carbonyl (C=O) groups excluding carboxylic acids is 2. The molecule has 23 heavy (non-hydrogen) atoms. The average Bonchev–Trinajstić information content (AvgIpc) is 3.09. The number of amides is 2. The lowest BCUT2D eigenvalue weighted by Gasteiger charge is -2.23. The number of benzene rings is 1. The van der Waals surface area contributed by atoms with Gasteiger partial charge in [0, 0.05) is 18.6 Å². The van der Waals surface area contributed by atoms with Crippen LogP contribution in [0.4, 0.5) is 0 Å². The lowest BCUT2D eigenvalue weighted by atomic mass is 10.1. The first-order valence-electron chi connectivity index (χ1n) is 7.77. The second kappa shape index (κ2) is 6.00. The first kappa shape index (κ1) is 15.5. The maximum Gasteiger partial charge on any atom is 0.290 e. The second-order valence-corrected chi connectivity index (χ2v) is 6.23. The smallest absolute Gasteiger partial charge is 0.290 e. The quantitative estimate of drug-likeness (QED) is 0.772. The van der Waals surface area contributed by atoms with Gasteiger partial charge in [0.05, 0.1) is 11.0 Å². The van der Waals surface area contributed by atoms with Crippen LogP contribution >= 0.6 is 0 Å². The van der Waals surface area contributed by atoms with Crippen LogP contribution < -0.4 is 11.1 Å². The number of fused-ring (bicyclic) bond motifs is 1. The monoisotopic (exact) mass is 315 g/mol. The molecule has 3 rings (SSSR count). The van der Waals surface area contributed by atoms with Crippen LogP contribution in [0.5, 0.6) is 0 Å². The number of imidazole rings is 1. The molecule has 4 N–H and O–H groups in total. The first-order chi connectivity index (χ1) is 11.0. The Morgan fingerprint density at radius 1 is 1.39 bits per heavy atom. The van der Waals surface area contributed by atoms with Gasteiger partial charge in [0.2, 0.25) is 5.91 Å². The fourth-order valence-corrected chi connectivity index (χ4v) is 2.91. The summed E-state index contributed by atoms with van der Waals surface area (Å²) < 4.78 is 0. The van der Waals surface area contributed by atoms with Crippen molar-refractivity contribution in [3.8, 4) is 0 Å². The minimum atomic E-state index is -0.548. The molecular weight excluding hydrogens is 294 g/mol. The van der Waals surface area contributed by atoms with E-state index in [1.54, 1.807) is 0 Å². The van der Waals surface area contributed by atoms with Crippen molar-refractivity contribution in [2.24, 2.45) is 5.73 Å². The van der Waals surface area contributed by atoms with Gasteiger partial charge in [-0.1, -0.05) is 12.1 Å². The van der Waals surface area contributed by atoms with Crippen molar-refractivity contribution < 1.29 is 9.59 Å². The average molecular weight is 315 g/mol. The molecule has 0 bridgehead atoms. The molecule has 1 aliphatic heterocycles. The Kier molecular flexibility index (Phi) is 4.04. The van der Waals surface area contributed by atoms with Gasteiger partial charge in [0.1, 0.15) is 6.04 Å². The van der Waals surface area contributed by atoms with Crippen molar-refractivity contribution in [1.29, 1.82) is 0 Å². The minimum Gasteiger partial charge on any atom is -0.352 e. The fourth-order valence-electron chi connectivity index (χ4n) is 2.91. The normalized spacial score (nSPS) is 21.1. The summed E-state index contributed by atoms with van der Waals surface area (Å²) in [6.45, 7) is 4.13. The van der Waals surface area contributed by atoms with E-state index in [2.05, 4.69) is 15.3 Å². The highest BCUT2D eigenvalue weighted by molar-refractivity contribution is 5.97. The number of likely N-dealkylation sites (tertiary alicyclic amines) is 1. The highest BCUT2D eigenvalue weighted by Crippen LogP contribution is 2.20. The number of hydrogen-bond donors (Lipinski definition) is 3. The predicted octanol–water partition coefficient (Wildman–Crippen LogP) is 0.629. The van der Waals surface area contributed by atoms with Crippen molar-refractivity contribution in [2.45, 2.75) is 38.4 Å². The van der Waals surface area contributed by atoms with Crippen molar-refractivity contribution >= 4 is 22.8 Å². The summed E-state index contributed by atoms with van der Waals surface area (Å²) in [7, 11) is 0. The topological polar surface area (TPSA) is 104 Å². The van der Waals surface area contributed by atoms with Crippen LogP contribution in [0.2, 0.25) is 0 Å². The number of nitrogens with one attached hydrogen (secondary N) is 2. The molecule has 1 fully saturated rings. The molecular formula is C16H21N5O2. The molecule has 7 nitrogen and oxygen atoms in total. The zero-order valence-corrected chi connectivity index (χ0v) is 13.2. The van der Waals surface area contributed by atoms with Gasteiger partial charge in [-0.05, 0) is 32.4 Å². The van der Waals surface area contributed by atoms with Crippen LogP contribution in [0, 0.1) is 0 Å². The summed E-state index contributed by atoms with van der Waals surface area (Å²) in [4.78, 5) is 33.9. The number of para-hydroxylation sites is 2. The number of aromatic amines is 1. The van der Waals surface area contributed by atoms with Gasteiger partial charge in [0.25, 0.3) is 5.91 Å². The van der Waals surface area contributed by atoms with Crippen LogP contribution in [0.25, 0.3) is 11.0 Å². The third-order valence-corrected chi connectivity index (χ3v) is 3.92. The Morgan fingerprint density at radius 2 is 2.13 bits per heavy atom. The van der Waals surface area contributed by atoms with E-state index in [4.69, 9.17) is 5.73 Å². The fraction of sp³-hybridized carbons (Fsp3) is 0.438. The maximum atomic E-state index is 12.8. The van der Waals surface area contributed by atoms with Crippen LogP contribution in [0.3, 0.4) is 0 Å². The van der Waals surface area contributed by atoms with Crippen LogP contribution in [0.15, 0.2) is 24.3 Å². The molecule has 2 aromatic rings. The summed E-state index contributed by atoms with van der Waals surface area (Å²) in [5, 5.41) is 2.85. The van der Waals surface area contributed by atoms with E-state index >= 15 is 0 Å². The maximum absolute atomic E-state index is 12.8. The molecule has 2 amide bonds. The summed E-state index contributed by atoms with van der Waals surface area (Å²) in [6.07, 6.45) is 0.463. The van der Waals surface area contributed by atoms with Gasteiger partial charge >= 0.3 is 0 Å². The van der Waals surface area contributed by atoms with Crippen molar-refractivity contribution in [3.05, 3.63) is 30.1 Å². The van der Waals surface area contributed by atoms with Gasteiger partial charge < -0.3 is 20.9 Å². The number of H-pyrrole nitrogens is 1. The molecule has 1 aromatic carbocycles. The SMILES string of the molecule is CC(C)NC(=O)[C@@H]1C[C@@H](N)CN1C(=O)c1nc2ccccc2[nH]1. The van der Waals surface area contributed by atoms with Gasteiger partial charge in [0.15, 0.2) is 5.82 Å². The Bertz CT molecular complexity index is 706. The number of aromatic nitrogens is 2. The number of carbonyl (C=O) groups is 2. The number of nitrogens with two attached hydrogens (primary N) is 1. The summed E-state index contributed by atoms with van der Waals surface area (Å²) >= 11 is 0. The summed E-state index contributed by atoms with van der Waals surface area (Å²) in [5.41, 5.74) is 7.49. The third kappa shape index (κ3) is 3.05. The lowest BCUT2D eigenvalue weighted by Crippen LogP contribution is -2.47. The number of hydrogen-bond acceptors (Lipinski definition) is 4. The number of rotatable bonds is 3. The van der Waals surface area contributed by atoms with E-state index in [9.17, 15) is 9.59 Å². The Balaban J connectivity index is 1.85. The van der Waals surface area contributed by atoms with E-state index in [0.29, 0.717) is 13.0 Å². The van der Waals surface area contributed by atoms with Crippen molar-refractivity contribution in [2.75, 3.05) is 6.54 Å². The zero-order valence-electron chi connectivity index (χ0n) is 13.2. The molecule has 0 radical (unpaired) electrons. The van der Waals surface area contributed by atoms with Gasteiger partial charge in [-0.25, -0.2) is 4.98 Å². The molecule has 122 valence electrons. The molecule has 0 unspecified atom stereocenters. The highest BCUT2D eigenvalue weighted by atomic mass is 16.2. The van der Waals surface area contributed by atoms with Gasteiger partial charge in [-0.3, -0.25) is 9.59 Å². The summed E-state index contributed by atoms with van der Waals surface area (Å²) in [5.74, 6) is -0.224. The molecule has 0 aliphatic carbocycles. The van der Waals surface area contributed by atoms with E-state index in [1.807, 2.05) is 38.1 Å². The van der Waals surface area contributed by atoms with E-state index in [1.165, 1.54) is 4.90 Å².